The van der Waals surface area contributed by atoms with Crippen molar-refractivity contribution in [1.82, 2.24) is 25.1 Å². The highest BCUT2D eigenvalue weighted by Crippen LogP contribution is 2.32. The molecular weight excluding hydrogens is 326 g/mol. The molecule has 1 aliphatic carbocycles. The van der Waals surface area contributed by atoms with E-state index in [4.69, 9.17) is 9.72 Å². The summed E-state index contributed by atoms with van der Waals surface area (Å²) in [5.41, 5.74) is 3.29. The first-order chi connectivity index (χ1) is 12.7. The fourth-order valence-electron chi connectivity index (χ4n) is 3.52. The Balaban J connectivity index is 0.000000236. The Hall–Kier alpha value is -2.18. The first-order valence-electron chi connectivity index (χ1n) is 9.29. The minimum Gasteiger partial charge on any atom is -0.370 e. The number of fused-ring (bicyclic) bond motifs is 1. The molecule has 0 bridgehead atoms. The van der Waals surface area contributed by atoms with E-state index in [0.29, 0.717) is 18.7 Å². The molecule has 140 valence electrons. The molecular formula is C20H29N5O. The second-order valence-electron chi connectivity index (χ2n) is 6.97. The smallest absolute Gasteiger partial charge is 0.110 e. The number of rotatable bonds is 4. The Morgan fingerprint density at radius 3 is 2.77 bits per heavy atom. The van der Waals surface area contributed by atoms with Crippen LogP contribution in [0, 0.1) is 6.92 Å². The maximum absolute atomic E-state index is 5.10. The van der Waals surface area contributed by atoms with Crippen molar-refractivity contribution in [2.45, 2.75) is 44.6 Å². The van der Waals surface area contributed by atoms with E-state index in [2.05, 4.69) is 27.5 Å². The van der Waals surface area contributed by atoms with Crippen LogP contribution in [0.2, 0.25) is 0 Å². The van der Waals surface area contributed by atoms with Crippen molar-refractivity contribution in [1.29, 1.82) is 0 Å². The molecule has 2 aromatic heterocycles. The molecule has 4 rings (SSSR count). The van der Waals surface area contributed by atoms with Gasteiger partial charge in [0.1, 0.15) is 5.82 Å². The summed E-state index contributed by atoms with van der Waals surface area (Å²) in [6.07, 6.45) is 6.78. The lowest BCUT2D eigenvalue weighted by molar-refractivity contribution is 0.151. The maximum atomic E-state index is 5.10. The van der Waals surface area contributed by atoms with Crippen LogP contribution in [-0.4, -0.2) is 39.6 Å². The number of H-pyrrole nitrogens is 1. The number of aromatic amines is 1. The maximum Gasteiger partial charge on any atom is 0.110 e. The molecule has 0 spiro atoms. The lowest BCUT2D eigenvalue weighted by Crippen LogP contribution is -2.34. The Morgan fingerprint density at radius 1 is 1.27 bits per heavy atom. The Kier molecular flexibility index (Phi) is 6.41. The number of methoxy groups -OCH3 is 1. The summed E-state index contributed by atoms with van der Waals surface area (Å²) in [6.45, 7) is 2.61. The second-order valence-corrected chi connectivity index (χ2v) is 6.97. The summed E-state index contributed by atoms with van der Waals surface area (Å²) in [5.74, 6) is 1.68. The van der Waals surface area contributed by atoms with Crippen molar-refractivity contribution >= 4 is 11.0 Å². The quantitative estimate of drug-likeness (QED) is 0.703. The molecule has 1 aliphatic rings. The van der Waals surface area contributed by atoms with E-state index < -0.39 is 0 Å². The number of benzene rings is 1. The minimum atomic E-state index is 0.538. The second kappa shape index (κ2) is 8.96. The van der Waals surface area contributed by atoms with Gasteiger partial charge < -0.3 is 9.72 Å². The number of imidazole rings is 1. The van der Waals surface area contributed by atoms with Crippen LogP contribution in [0.1, 0.15) is 43.1 Å². The van der Waals surface area contributed by atoms with Crippen LogP contribution in [-0.2, 0) is 11.8 Å². The van der Waals surface area contributed by atoms with Crippen LogP contribution >= 0.6 is 0 Å². The standard InChI is InChI=1S/C15H21N3O.C5H8N2/c1-19-10-16-12-6-4-5-11(9-12)15-17-13-7-2-3-8-14(13)18-15;1-5-3-4-7(2)6-5/h2-3,7-8,11-12,16H,4-6,9-10H2,1H3,(H,17,18);3-4H,1-2H3/t11?,12-;/m1./s1. The number of hydrogen-bond donors (Lipinski definition) is 2. The first-order valence-corrected chi connectivity index (χ1v) is 9.29. The van der Waals surface area contributed by atoms with Gasteiger partial charge in [-0.15, -0.1) is 0 Å². The monoisotopic (exact) mass is 355 g/mol. The molecule has 6 nitrogen and oxygen atoms in total. The summed E-state index contributed by atoms with van der Waals surface area (Å²) < 4.78 is 6.89. The van der Waals surface area contributed by atoms with Crippen LogP contribution in [0.15, 0.2) is 36.5 Å². The summed E-state index contributed by atoms with van der Waals surface area (Å²) in [6, 6.07) is 10.8. The van der Waals surface area contributed by atoms with Crippen LogP contribution in [0.25, 0.3) is 11.0 Å². The van der Waals surface area contributed by atoms with Gasteiger partial charge in [0.25, 0.3) is 0 Å². The van der Waals surface area contributed by atoms with E-state index in [-0.39, 0.29) is 0 Å². The fraction of sp³-hybridized carbons (Fsp3) is 0.500. The number of nitrogens with one attached hydrogen (secondary N) is 2. The zero-order valence-electron chi connectivity index (χ0n) is 15.9. The zero-order valence-corrected chi connectivity index (χ0v) is 15.9. The lowest BCUT2D eigenvalue weighted by Gasteiger charge is -2.28. The topological polar surface area (TPSA) is 67.8 Å². The number of aromatic nitrogens is 4. The molecule has 26 heavy (non-hydrogen) atoms. The molecule has 2 N–H and O–H groups in total. The number of nitrogens with zero attached hydrogens (tertiary/aromatic N) is 3. The van der Waals surface area contributed by atoms with E-state index in [1.807, 2.05) is 38.4 Å². The molecule has 0 aliphatic heterocycles. The Bertz CT molecular complexity index is 760. The Morgan fingerprint density at radius 2 is 2.12 bits per heavy atom. The summed E-state index contributed by atoms with van der Waals surface area (Å²) >= 11 is 0. The third kappa shape index (κ3) is 4.93. The average molecular weight is 355 g/mol. The zero-order chi connectivity index (χ0) is 18.4. The van der Waals surface area contributed by atoms with Gasteiger partial charge in [-0.25, -0.2) is 4.98 Å². The van der Waals surface area contributed by atoms with Crippen molar-refractivity contribution in [3.8, 4) is 0 Å². The van der Waals surface area contributed by atoms with Crippen molar-refractivity contribution in [3.05, 3.63) is 48.0 Å². The van der Waals surface area contributed by atoms with Gasteiger partial charge in [-0.05, 0) is 44.4 Å². The fourth-order valence-corrected chi connectivity index (χ4v) is 3.52. The highest BCUT2D eigenvalue weighted by molar-refractivity contribution is 5.74. The highest BCUT2D eigenvalue weighted by Gasteiger charge is 2.25. The van der Waals surface area contributed by atoms with Crippen LogP contribution in [0.4, 0.5) is 0 Å². The van der Waals surface area contributed by atoms with Gasteiger partial charge in [0.15, 0.2) is 0 Å². The predicted octanol–water partition coefficient (Wildman–Crippen LogP) is 3.51. The summed E-state index contributed by atoms with van der Waals surface area (Å²) in [5, 5.41) is 7.47. The van der Waals surface area contributed by atoms with Gasteiger partial charge in [0.2, 0.25) is 0 Å². The molecule has 2 heterocycles. The lowest BCUT2D eigenvalue weighted by atomic mass is 9.85. The predicted molar refractivity (Wildman–Crippen MR) is 104 cm³/mol. The molecule has 1 aromatic carbocycles. The van der Waals surface area contributed by atoms with Crippen LogP contribution < -0.4 is 5.32 Å². The molecule has 1 fully saturated rings. The minimum absolute atomic E-state index is 0.538. The molecule has 1 saturated carbocycles. The van der Waals surface area contributed by atoms with Gasteiger partial charge in [-0.1, -0.05) is 18.6 Å². The van der Waals surface area contributed by atoms with Crippen LogP contribution in [0.5, 0.6) is 0 Å². The van der Waals surface area contributed by atoms with Gasteiger partial charge in [-0.2, -0.15) is 5.10 Å². The van der Waals surface area contributed by atoms with Gasteiger partial charge in [-0.3, -0.25) is 10.00 Å². The SMILES string of the molecule is COCN[C@@H]1CCCC(c2nc3ccccc3[nH]2)C1.Cc1ccn(C)n1. The third-order valence-electron chi connectivity index (χ3n) is 4.83. The largest absolute Gasteiger partial charge is 0.370 e. The van der Waals surface area contributed by atoms with Crippen molar-refractivity contribution in [3.63, 3.8) is 0 Å². The van der Waals surface area contributed by atoms with E-state index >= 15 is 0 Å². The molecule has 3 aromatic rings. The number of ether oxygens (including phenoxy) is 1. The van der Waals surface area contributed by atoms with E-state index in [1.54, 1.807) is 11.8 Å². The summed E-state index contributed by atoms with van der Waals surface area (Å²) in [4.78, 5) is 8.21. The molecule has 2 atom stereocenters. The molecule has 6 heteroatoms. The van der Waals surface area contributed by atoms with Gasteiger partial charge in [0.05, 0.1) is 23.5 Å². The number of hydrogen-bond acceptors (Lipinski definition) is 4. The summed E-state index contributed by atoms with van der Waals surface area (Å²) in [7, 11) is 3.64. The van der Waals surface area contributed by atoms with E-state index in [0.717, 1.165) is 29.0 Å². The first kappa shape index (κ1) is 18.6. The molecule has 0 amide bonds. The molecule has 0 saturated heterocycles. The van der Waals surface area contributed by atoms with Gasteiger partial charge in [0, 0.05) is 32.3 Å². The van der Waals surface area contributed by atoms with E-state index in [1.165, 1.54) is 19.3 Å². The van der Waals surface area contributed by atoms with Crippen molar-refractivity contribution in [2.24, 2.45) is 7.05 Å². The van der Waals surface area contributed by atoms with Crippen molar-refractivity contribution < 1.29 is 4.74 Å². The van der Waals surface area contributed by atoms with Crippen molar-refractivity contribution in [2.75, 3.05) is 13.8 Å². The van der Waals surface area contributed by atoms with E-state index in [9.17, 15) is 0 Å². The van der Waals surface area contributed by atoms with Crippen LogP contribution in [0.3, 0.4) is 0 Å². The molecule has 0 radical (unpaired) electrons. The average Bonchev–Trinajstić information content (AvgIpc) is 3.26. The highest BCUT2D eigenvalue weighted by atomic mass is 16.5. The Labute approximate surface area is 155 Å². The third-order valence-corrected chi connectivity index (χ3v) is 4.83. The van der Waals surface area contributed by atoms with Gasteiger partial charge >= 0.3 is 0 Å². The number of para-hydroxylation sites is 2. The number of aryl methyl sites for hydroxylation is 2. The molecule has 1 unspecified atom stereocenters. The normalized spacial score (nSPS) is 20.0.